The lowest BCUT2D eigenvalue weighted by Crippen LogP contribution is -2.48. The van der Waals surface area contributed by atoms with E-state index >= 15 is 17.6 Å². The van der Waals surface area contributed by atoms with Gasteiger partial charge in [0, 0.05) is 41.8 Å². The Morgan fingerprint density at radius 3 is 1.29 bits per heavy atom. The first-order valence-electron chi connectivity index (χ1n) is 15.0. The predicted octanol–water partition coefficient (Wildman–Crippen LogP) is 7.56. The van der Waals surface area contributed by atoms with Crippen LogP contribution in [0.25, 0.3) is 11.1 Å². The van der Waals surface area contributed by atoms with Crippen molar-refractivity contribution in [3.8, 4) is 0 Å². The van der Waals surface area contributed by atoms with Gasteiger partial charge >= 0.3 is 29.7 Å². The Labute approximate surface area is 288 Å². The highest BCUT2D eigenvalue weighted by Gasteiger charge is 2.80. The minimum Gasteiger partial charge on any atom is -0.460 e. The Balaban J connectivity index is 1.68. The van der Waals surface area contributed by atoms with Crippen molar-refractivity contribution in [1.82, 2.24) is 0 Å². The number of carbonyl (C=O) groups is 2. The van der Waals surface area contributed by atoms with Gasteiger partial charge in [0.15, 0.2) is 0 Å². The lowest BCUT2D eigenvalue weighted by molar-refractivity contribution is -0.254. The Morgan fingerprint density at radius 1 is 0.612 bits per heavy atom. The van der Waals surface area contributed by atoms with E-state index in [4.69, 9.17) is 28.4 Å². The zero-order valence-electron chi connectivity index (χ0n) is 27.5. The molecule has 16 heteroatoms. The number of alkyl halides is 6. The molecule has 1 aliphatic carbocycles. The molecule has 0 aliphatic heterocycles. The van der Waals surface area contributed by atoms with Gasteiger partial charge in [0.25, 0.3) is 0 Å². The molecule has 0 atom stereocenters. The van der Waals surface area contributed by atoms with E-state index in [9.17, 15) is 18.4 Å². The maximum Gasteiger partial charge on any atom is 0.380 e. The van der Waals surface area contributed by atoms with Gasteiger partial charge in [-0.2, -0.15) is 26.3 Å². The number of ether oxygens (including phenoxy) is 6. The SMILES string of the molecule is C=C(C)C(=O)OCCOCCOCc1cc(C2=C(c3cc(COCCOCCOC(=O)C(=C)C)sc3C)C(F)(F)C(F)(F)C2(F)F)c(C)s1. The van der Waals surface area contributed by atoms with E-state index in [0.717, 1.165) is 22.7 Å². The second kappa shape index (κ2) is 17.3. The summed E-state index contributed by atoms with van der Waals surface area (Å²) in [6.07, 6.45) is 0. The molecule has 0 radical (unpaired) electrons. The molecule has 49 heavy (non-hydrogen) atoms. The first-order chi connectivity index (χ1) is 22.9. The van der Waals surface area contributed by atoms with Crippen LogP contribution in [0.1, 0.15) is 44.5 Å². The quantitative estimate of drug-likeness (QED) is 0.0595. The lowest BCUT2D eigenvalue weighted by atomic mass is 9.95. The van der Waals surface area contributed by atoms with Gasteiger partial charge in [0.05, 0.1) is 52.9 Å². The summed E-state index contributed by atoms with van der Waals surface area (Å²) in [5.41, 5.74) is -3.18. The van der Waals surface area contributed by atoms with Gasteiger partial charge in [-0.05, 0) is 51.0 Å². The Kier molecular flexibility index (Phi) is 14.2. The van der Waals surface area contributed by atoms with Crippen LogP contribution in [0.3, 0.4) is 0 Å². The Bertz CT molecular complexity index is 1430. The number of carbonyl (C=O) groups excluding carboxylic acids is 2. The van der Waals surface area contributed by atoms with Crippen molar-refractivity contribution in [2.24, 2.45) is 0 Å². The molecule has 8 nitrogen and oxygen atoms in total. The van der Waals surface area contributed by atoms with Crippen LogP contribution in [-0.2, 0) is 51.2 Å². The van der Waals surface area contributed by atoms with E-state index in [1.807, 2.05) is 0 Å². The third-order valence-electron chi connectivity index (χ3n) is 6.99. The standard InChI is InChI=1S/C33H38F6O8S2/c1-19(2)29(40)46-13-11-42-7-9-44-17-23-15-25(21(5)48-23)27-28(32(36,37)33(38,39)31(27,34)35)26-16-24(49-22(26)6)18-45-10-8-43-12-14-47-30(41)20(3)4/h15-16H,1,3,7-14,17-18H2,2,4-6H3. The van der Waals surface area contributed by atoms with E-state index < -0.39 is 52.0 Å². The van der Waals surface area contributed by atoms with Crippen molar-refractivity contribution in [3.63, 3.8) is 0 Å². The summed E-state index contributed by atoms with van der Waals surface area (Å²) in [4.78, 5) is 23.7. The molecule has 272 valence electrons. The lowest BCUT2D eigenvalue weighted by Gasteiger charge is -2.25. The first-order valence-corrected chi connectivity index (χ1v) is 16.6. The van der Waals surface area contributed by atoms with Gasteiger partial charge in [0.1, 0.15) is 13.2 Å². The van der Waals surface area contributed by atoms with Crippen molar-refractivity contribution in [2.45, 2.75) is 58.7 Å². The molecule has 0 amide bonds. The van der Waals surface area contributed by atoms with Crippen molar-refractivity contribution >= 4 is 45.8 Å². The molecule has 0 N–H and O–H groups in total. The average Bonchev–Trinajstić information content (AvgIpc) is 3.60. The molecular formula is C33H38F6O8S2. The summed E-state index contributed by atoms with van der Waals surface area (Å²) in [6, 6.07) is 2.34. The average molecular weight is 741 g/mol. The monoisotopic (exact) mass is 740 g/mol. The second-order valence-corrected chi connectivity index (χ2v) is 13.7. The van der Waals surface area contributed by atoms with E-state index in [-0.39, 0.29) is 87.0 Å². The van der Waals surface area contributed by atoms with Crippen LogP contribution in [0.15, 0.2) is 36.4 Å². The summed E-state index contributed by atoms with van der Waals surface area (Å²) < 4.78 is 123. The van der Waals surface area contributed by atoms with Gasteiger partial charge in [-0.3, -0.25) is 0 Å². The normalized spacial score (nSPS) is 16.2. The molecular weight excluding hydrogens is 702 g/mol. The molecule has 2 aromatic rings. The number of aryl methyl sites for hydroxylation is 2. The van der Waals surface area contributed by atoms with Crippen molar-refractivity contribution in [1.29, 1.82) is 0 Å². The highest BCUT2D eigenvalue weighted by molar-refractivity contribution is 7.12. The number of allylic oxidation sites excluding steroid dienone is 2. The number of halogens is 6. The first kappa shape index (κ1) is 40.4. The summed E-state index contributed by atoms with van der Waals surface area (Å²) in [7, 11) is 0. The fourth-order valence-corrected chi connectivity index (χ4v) is 6.54. The largest absolute Gasteiger partial charge is 0.460 e. The van der Waals surface area contributed by atoms with Crippen LogP contribution in [-0.4, -0.2) is 82.6 Å². The molecule has 0 spiro atoms. The Hall–Kier alpha value is -3.02. The molecule has 1 aliphatic rings. The number of esters is 2. The summed E-state index contributed by atoms with van der Waals surface area (Å²) in [5.74, 6) is -17.2. The molecule has 0 unspecified atom stereocenters. The number of rotatable bonds is 20. The van der Waals surface area contributed by atoms with Gasteiger partial charge in [0.2, 0.25) is 0 Å². The molecule has 0 bridgehead atoms. The number of hydrogen-bond acceptors (Lipinski definition) is 10. The van der Waals surface area contributed by atoms with Crippen LogP contribution in [0, 0.1) is 13.8 Å². The highest BCUT2D eigenvalue weighted by atomic mass is 32.1. The fraction of sp³-hybridized carbons (Fsp3) is 0.515. The molecule has 0 saturated heterocycles. The summed E-state index contributed by atoms with van der Waals surface area (Å²) >= 11 is 1.93. The minimum absolute atomic E-state index is 0.00492. The summed E-state index contributed by atoms with van der Waals surface area (Å²) in [5, 5.41) is 0. The Morgan fingerprint density at radius 2 is 0.939 bits per heavy atom. The number of hydrogen-bond donors (Lipinski definition) is 0. The maximum absolute atomic E-state index is 15.4. The third-order valence-corrected chi connectivity index (χ3v) is 9.04. The van der Waals surface area contributed by atoms with Gasteiger partial charge in [-0.25, -0.2) is 9.59 Å². The van der Waals surface area contributed by atoms with E-state index in [2.05, 4.69) is 13.2 Å². The molecule has 3 rings (SSSR count). The van der Waals surface area contributed by atoms with Gasteiger partial charge in [-0.15, -0.1) is 22.7 Å². The van der Waals surface area contributed by atoms with Crippen LogP contribution in [0.5, 0.6) is 0 Å². The van der Waals surface area contributed by atoms with Crippen LogP contribution in [0.4, 0.5) is 26.3 Å². The van der Waals surface area contributed by atoms with Crippen LogP contribution >= 0.6 is 22.7 Å². The minimum atomic E-state index is -5.69. The van der Waals surface area contributed by atoms with E-state index in [0.29, 0.717) is 9.75 Å². The zero-order chi connectivity index (χ0) is 36.6. The molecule has 0 fully saturated rings. The molecule has 0 aromatic carbocycles. The van der Waals surface area contributed by atoms with Crippen molar-refractivity contribution < 1.29 is 64.4 Å². The van der Waals surface area contributed by atoms with Crippen LogP contribution < -0.4 is 0 Å². The molecule has 0 saturated carbocycles. The van der Waals surface area contributed by atoms with Gasteiger partial charge < -0.3 is 28.4 Å². The third kappa shape index (κ3) is 9.61. The zero-order valence-corrected chi connectivity index (χ0v) is 29.1. The second-order valence-electron chi connectivity index (χ2n) is 11.0. The number of thiophene rings is 2. The van der Waals surface area contributed by atoms with E-state index in [1.54, 1.807) is 0 Å². The molecule has 2 heterocycles. The van der Waals surface area contributed by atoms with Gasteiger partial charge in [-0.1, -0.05) is 13.2 Å². The maximum atomic E-state index is 15.4. The molecule has 2 aromatic heterocycles. The van der Waals surface area contributed by atoms with E-state index in [1.165, 1.54) is 39.8 Å². The summed E-state index contributed by atoms with van der Waals surface area (Å²) in [6.45, 7) is 13.0. The topological polar surface area (TPSA) is 89.5 Å². The smallest absolute Gasteiger partial charge is 0.380 e. The fourth-order valence-electron chi connectivity index (χ4n) is 4.58. The predicted molar refractivity (Wildman–Crippen MR) is 172 cm³/mol. The van der Waals surface area contributed by atoms with Crippen LogP contribution in [0.2, 0.25) is 0 Å². The van der Waals surface area contributed by atoms with Crippen molar-refractivity contribution in [2.75, 3.05) is 52.9 Å². The van der Waals surface area contributed by atoms with Crippen molar-refractivity contribution in [3.05, 3.63) is 67.1 Å². The highest BCUT2D eigenvalue weighted by Crippen LogP contribution is 2.65.